The standard InChI is InChI=1S/C17H21BrN2O5/c1-4-6-11-13(16(22)25-5-2)14(20-17(23)19-11)9-7-10(18)15(21)12(8-9)24-3/h6-8,13-14,21H,4-5H2,1-3H3,(H2,19,20,23). The molecular formula is C17H21BrN2O5. The number of aromatic hydroxyl groups is 1. The van der Waals surface area contributed by atoms with Gasteiger partial charge in [0.15, 0.2) is 11.5 Å². The van der Waals surface area contributed by atoms with Crippen LogP contribution in [0.2, 0.25) is 0 Å². The van der Waals surface area contributed by atoms with Crippen molar-refractivity contribution in [1.29, 1.82) is 0 Å². The Morgan fingerprint density at radius 3 is 2.72 bits per heavy atom. The molecule has 25 heavy (non-hydrogen) atoms. The summed E-state index contributed by atoms with van der Waals surface area (Å²) in [5, 5.41) is 15.4. The quantitative estimate of drug-likeness (QED) is 0.645. The van der Waals surface area contributed by atoms with Crippen LogP contribution in [-0.2, 0) is 9.53 Å². The normalized spacial score (nSPS) is 21.4. The van der Waals surface area contributed by atoms with E-state index in [0.29, 0.717) is 22.2 Å². The first-order valence-corrected chi connectivity index (χ1v) is 8.72. The number of allylic oxidation sites excluding steroid dienone is 1. The van der Waals surface area contributed by atoms with Gasteiger partial charge in [-0.3, -0.25) is 4.79 Å². The summed E-state index contributed by atoms with van der Waals surface area (Å²) in [5.41, 5.74) is 1.11. The smallest absolute Gasteiger partial charge is 0.319 e. The largest absolute Gasteiger partial charge is 0.503 e. The maximum atomic E-state index is 12.5. The molecule has 8 heteroatoms. The fraction of sp³-hybridized carbons (Fsp3) is 0.412. The van der Waals surface area contributed by atoms with Crippen LogP contribution >= 0.6 is 15.9 Å². The van der Waals surface area contributed by atoms with Crippen molar-refractivity contribution in [1.82, 2.24) is 10.6 Å². The molecule has 3 N–H and O–H groups in total. The second-order valence-corrected chi connectivity index (χ2v) is 6.28. The summed E-state index contributed by atoms with van der Waals surface area (Å²) < 4.78 is 10.8. The van der Waals surface area contributed by atoms with E-state index in [4.69, 9.17) is 9.47 Å². The van der Waals surface area contributed by atoms with E-state index in [-0.39, 0.29) is 18.1 Å². The molecule has 2 unspecified atom stereocenters. The van der Waals surface area contributed by atoms with Crippen LogP contribution < -0.4 is 15.4 Å². The Hall–Kier alpha value is -2.22. The topological polar surface area (TPSA) is 96.9 Å². The lowest BCUT2D eigenvalue weighted by Crippen LogP contribution is -2.51. The van der Waals surface area contributed by atoms with Crippen LogP contribution in [0.5, 0.6) is 11.5 Å². The fourth-order valence-corrected chi connectivity index (χ4v) is 3.21. The first kappa shape index (κ1) is 19.1. The lowest BCUT2D eigenvalue weighted by Gasteiger charge is -2.34. The van der Waals surface area contributed by atoms with Crippen molar-refractivity contribution in [2.45, 2.75) is 26.3 Å². The van der Waals surface area contributed by atoms with E-state index in [9.17, 15) is 14.7 Å². The number of carbonyl (C=O) groups excluding carboxylic acids is 2. The second-order valence-electron chi connectivity index (χ2n) is 5.43. The Labute approximate surface area is 154 Å². The lowest BCUT2D eigenvalue weighted by molar-refractivity contribution is -0.147. The molecular weight excluding hydrogens is 392 g/mol. The van der Waals surface area contributed by atoms with Crippen LogP contribution in [-0.4, -0.2) is 30.8 Å². The van der Waals surface area contributed by atoms with Gasteiger partial charge in [0.05, 0.1) is 24.2 Å². The van der Waals surface area contributed by atoms with Crippen LogP contribution in [0.15, 0.2) is 28.4 Å². The SMILES string of the molecule is CCC=C1NC(=O)NC(c2cc(Br)c(O)c(OC)c2)C1C(=O)OCC. The minimum absolute atomic E-state index is 0.0523. The van der Waals surface area contributed by atoms with E-state index in [1.807, 2.05) is 6.92 Å². The molecule has 1 fully saturated rings. The average Bonchev–Trinajstić information content (AvgIpc) is 2.57. The number of amides is 2. The van der Waals surface area contributed by atoms with Gasteiger partial charge in [0, 0.05) is 5.70 Å². The van der Waals surface area contributed by atoms with Crippen molar-refractivity contribution in [2.75, 3.05) is 13.7 Å². The molecule has 136 valence electrons. The molecule has 1 aliphatic heterocycles. The molecule has 1 aromatic carbocycles. The first-order chi connectivity index (χ1) is 11.9. The van der Waals surface area contributed by atoms with Gasteiger partial charge in [0.25, 0.3) is 0 Å². The highest BCUT2D eigenvalue weighted by molar-refractivity contribution is 9.10. The molecule has 0 bridgehead atoms. The van der Waals surface area contributed by atoms with Gasteiger partial charge in [-0.25, -0.2) is 4.79 Å². The summed E-state index contributed by atoms with van der Waals surface area (Å²) >= 11 is 3.26. The lowest BCUT2D eigenvalue weighted by atomic mass is 9.88. The van der Waals surface area contributed by atoms with Crippen molar-refractivity contribution in [3.8, 4) is 11.5 Å². The Morgan fingerprint density at radius 2 is 2.12 bits per heavy atom. The Bertz CT molecular complexity index is 705. The summed E-state index contributed by atoms with van der Waals surface area (Å²) in [7, 11) is 1.43. The number of urea groups is 1. The number of phenolic OH excluding ortho intramolecular Hbond substituents is 1. The van der Waals surface area contributed by atoms with Gasteiger partial charge in [-0.1, -0.05) is 13.0 Å². The molecule has 1 heterocycles. The predicted molar refractivity (Wildman–Crippen MR) is 95.3 cm³/mol. The second kappa shape index (κ2) is 8.24. The molecule has 7 nitrogen and oxygen atoms in total. The van der Waals surface area contributed by atoms with Crippen LogP contribution in [0.25, 0.3) is 0 Å². The highest BCUT2D eigenvalue weighted by Gasteiger charge is 2.40. The number of phenols is 1. The number of ether oxygens (including phenoxy) is 2. The van der Waals surface area contributed by atoms with Crippen molar-refractivity contribution in [2.24, 2.45) is 5.92 Å². The fourth-order valence-electron chi connectivity index (χ4n) is 2.75. The molecule has 0 saturated carbocycles. The maximum absolute atomic E-state index is 12.5. The van der Waals surface area contributed by atoms with E-state index in [2.05, 4.69) is 26.6 Å². The first-order valence-electron chi connectivity index (χ1n) is 7.93. The van der Waals surface area contributed by atoms with Crippen LogP contribution in [0.1, 0.15) is 31.9 Å². The van der Waals surface area contributed by atoms with Gasteiger partial charge < -0.3 is 25.2 Å². The number of methoxy groups -OCH3 is 1. The number of esters is 1. The number of halogens is 1. The molecule has 1 saturated heterocycles. The zero-order chi connectivity index (χ0) is 18.6. The number of benzene rings is 1. The Morgan fingerprint density at radius 1 is 1.40 bits per heavy atom. The molecule has 0 aromatic heterocycles. The number of hydrogen-bond acceptors (Lipinski definition) is 5. The zero-order valence-electron chi connectivity index (χ0n) is 14.3. The summed E-state index contributed by atoms with van der Waals surface area (Å²) in [4.78, 5) is 24.6. The minimum Gasteiger partial charge on any atom is -0.503 e. The summed E-state index contributed by atoms with van der Waals surface area (Å²) in [6.45, 7) is 3.88. The van der Waals surface area contributed by atoms with E-state index < -0.39 is 24.0 Å². The van der Waals surface area contributed by atoms with Crippen molar-refractivity contribution < 1.29 is 24.2 Å². The van der Waals surface area contributed by atoms with Gasteiger partial charge in [-0.2, -0.15) is 0 Å². The third kappa shape index (κ3) is 4.07. The maximum Gasteiger partial charge on any atom is 0.319 e. The van der Waals surface area contributed by atoms with E-state index >= 15 is 0 Å². The summed E-state index contributed by atoms with van der Waals surface area (Å²) in [6.07, 6.45) is 2.45. The molecule has 1 aliphatic rings. The minimum atomic E-state index is -0.723. The molecule has 2 amide bonds. The van der Waals surface area contributed by atoms with Gasteiger partial charge >= 0.3 is 12.0 Å². The van der Waals surface area contributed by atoms with E-state index in [1.54, 1.807) is 25.1 Å². The highest BCUT2D eigenvalue weighted by atomic mass is 79.9. The average molecular weight is 413 g/mol. The van der Waals surface area contributed by atoms with Gasteiger partial charge in [-0.15, -0.1) is 0 Å². The number of rotatable bonds is 5. The molecule has 0 aliphatic carbocycles. The predicted octanol–water partition coefficient (Wildman–Crippen LogP) is 2.99. The summed E-state index contributed by atoms with van der Waals surface area (Å²) in [6, 6.07) is 2.17. The third-order valence-electron chi connectivity index (χ3n) is 3.81. The molecule has 0 radical (unpaired) electrons. The van der Waals surface area contributed by atoms with Crippen molar-refractivity contribution >= 4 is 27.9 Å². The number of carbonyl (C=O) groups is 2. The van der Waals surface area contributed by atoms with Crippen LogP contribution in [0.4, 0.5) is 4.79 Å². The van der Waals surface area contributed by atoms with Crippen LogP contribution in [0.3, 0.4) is 0 Å². The van der Waals surface area contributed by atoms with Crippen molar-refractivity contribution in [3.05, 3.63) is 33.9 Å². The Kier molecular flexibility index (Phi) is 6.30. The zero-order valence-corrected chi connectivity index (χ0v) is 15.8. The number of hydrogen-bond donors (Lipinski definition) is 3. The third-order valence-corrected chi connectivity index (χ3v) is 4.41. The molecule has 2 atom stereocenters. The van der Waals surface area contributed by atoms with Gasteiger partial charge in [-0.05, 0) is 47.0 Å². The molecule has 2 rings (SSSR count). The summed E-state index contributed by atoms with van der Waals surface area (Å²) in [5.74, 6) is -0.981. The van der Waals surface area contributed by atoms with Crippen LogP contribution in [0, 0.1) is 5.92 Å². The van der Waals surface area contributed by atoms with Crippen molar-refractivity contribution in [3.63, 3.8) is 0 Å². The highest BCUT2D eigenvalue weighted by Crippen LogP contribution is 2.40. The van der Waals surface area contributed by atoms with E-state index in [1.165, 1.54) is 7.11 Å². The van der Waals surface area contributed by atoms with Gasteiger partial charge in [0.1, 0.15) is 5.92 Å². The van der Waals surface area contributed by atoms with E-state index in [0.717, 1.165) is 0 Å². The van der Waals surface area contributed by atoms with Gasteiger partial charge in [0.2, 0.25) is 0 Å². The Balaban J connectivity index is 2.54. The molecule has 0 spiro atoms. The number of nitrogens with one attached hydrogen (secondary N) is 2. The molecule has 1 aromatic rings. The monoisotopic (exact) mass is 412 g/mol.